The molecule has 1 aromatic heterocycles. The molecule has 0 saturated carbocycles. The molecule has 3 rings (SSSR count). The van der Waals surface area contributed by atoms with E-state index < -0.39 is 0 Å². The molecule has 6 nitrogen and oxygen atoms in total. The highest BCUT2D eigenvalue weighted by atomic mass is 16.5. The van der Waals surface area contributed by atoms with Gasteiger partial charge in [0.05, 0.1) is 11.7 Å². The maximum atomic E-state index is 12.3. The van der Waals surface area contributed by atoms with Gasteiger partial charge in [-0.05, 0) is 32.4 Å². The van der Waals surface area contributed by atoms with Crippen molar-refractivity contribution < 1.29 is 9.53 Å². The Morgan fingerprint density at radius 1 is 1.48 bits per heavy atom. The molecule has 1 aromatic rings. The molecule has 0 N–H and O–H groups in total. The van der Waals surface area contributed by atoms with Gasteiger partial charge in [0.1, 0.15) is 5.69 Å². The Morgan fingerprint density at radius 3 is 2.95 bits per heavy atom. The number of methoxy groups -OCH3 is 1. The zero-order valence-electron chi connectivity index (χ0n) is 12.7. The third-order valence-corrected chi connectivity index (χ3v) is 4.79. The molecule has 2 saturated heterocycles. The van der Waals surface area contributed by atoms with E-state index in [-0.39, 0.29) is 11.4 Å². The van der Waals surface area contributed by atoms with Gasteiger partial charge >= 0.3 is 0 Å². The Morgan fingerprint density at radius 2 is 2.29 bits per heavy atom. The van der Waals surface area contributed by atoms with Gasteiger partial charge in [0, 0.05) is 39.2 Å². The Kier molecular flexibility index (Phi) is 3.91. The van der Waals surface area contributed by atoms with E-state index in [1.165, 1.54) is 12.6 Å². The van der Waals surface area contributed by atoms with Crippen molar-refractivity contribution in [1.29, 1.82) is 0 Å². The van der Waals surface area contributed by atoms with E-state index in [1.54, 1.807) is 19.5 Å². The molecular weight excluding hydrogens is 268 g/mol. The molecule has 0 aromatic carbocycles. The van der Waals surface area contributed by atoms with Crippen molar-refractivity contribution in [1.82, 2.24) is 19.8 Å². The average Bonchev–Trinajstić information content (AvgIpc) is 2.47. The minimum atomic E-state index is -0.0176. The van der Waals surface area contributed by atoms with E-state index in [0.29, 0.717) is 11.6 Å². The Labute approximate surface area is 125 Å². The molecule has 6 heteroatoms. The lowest BCUT2D eigenvalue weighted by Crippen LogP contribution is -2.72. The third kappa shape index (κ3) is 2.65. The van der Waals surface area contributed by atoms with Gasteiger partial charge in [-0.2, -0.15) is 0 Å². The van der Waals surface area contributed by atoms with Crippen LogP contribution < -0.4 is 0 Å². The fraction of sp³-hybridized carbons (Fsp3) is 0.667. The first-order valence-corrected chi connectivity index (χ1v) is 7.40. The first-order valence-electron chi connectivity index (χ1n) is 7.40. The van der Waals surface area contributed by atoms with Gasteiger partial charge < -0.3 is 9.64 Å². The van der Waals surface area contributed by atoms with Crippen LogP contribution >= 0.6 is 0 Å². The van der Waals surface area contributed by atoms with Crippen LogP contribution in [-0.2, 0) is 4.74 Å². The standard InChI is InChI=1S/C15H22N4O2/c1-18-6-3-12(9-21-2)7-15(18)10-19(11-15)14(20)13-8-16-4-5-17-13/h4-5,8,12H,3,6-7,9-11H2,1-2H3. The summed E-state index contributed by atoms with van der Waals surface area (Å²) in [6.07, 6.45) is 6.94. The van der Waals surface area contributed by atoms with Crippen LogP contribution in [0.4, 0.5) is 0 Å². The molecule has 0 aliphatic carbocycles. The molecular formula is C15H22N4O2. The fourth-order valence-corrected chi connectivity index (χ4v) is 3.54. The number of hydrogen-bond acceptors (Lipinski definition) is 5. The van der Waals surface area contributed by atoms with Gasteiger partial charge in [0.15, 0.2) is 0 Å². The highest BCUT2D eigenvalue weighted by Gasteiger charge is 2.51. The number of nitrogens with zero attached hydrogens (tertiary/aromatic N) is 4. The molecule has 2 aliphatic heterocycles. The van der Waals surface area contributed by atoms with Crippen molar-refractivity contribution in [3.8, 4) is 0 Å². The van der Waals surface area contributed by atoms with Crippen LogP contribution in [-0.4, -0.2) is 71.6 Å². The number of aromatic nitrogens is 2. The third-order valence-electron chi connectivity index (χ3n) is 4.79. The van der Waals surface area contributed by atoms with Crippen LogP contribution in [0.5, 0.6) is 0 Å². The van der Waals surface area contributed by atoms with E-state index in [2.05, 4.69) is 21.9 Å². The minimum absolute atomic E-state index is 0.0176. The highest BCUT2D eigenvalue weighted by Crippen LogP contribution is 2.38. The average molecular weight is 290 g/mol. The van der Waals surface area contributed by atoms with Crippen molar-refractivity contribution in [2.45, 2.75) is 18.4 Å². The predicted octanol–water partition coefficient (Wildman–Crippen LogP) is 0.659. The summed E-state index contributed by atoms with van der Waals surface area (Å²) in [4.78, 5) is 24.7. The van der Waals surface area contributed by atoms with Crippen LogP contribution in [0, 0.1) is 5.92 Å². The number of carbonyl (C=O) groups is 1. The summed E-state index contributed by atoms with van der Waals surface area (Å²) in [7, 11) is 3.92. The number of hydrogen-bond donors (Lipinski definition) is 0. The number of likely N-dealkylation sites (tertiary alicyclic amines) is 2. The summed E-state index contributed by atoms with van der Waals surface area (Å²) >= 11 is 0. The lowest BCUT2D eigenvalue weighted by molar-refractivity contribution is -0.0732. The maximum Gasteiger partial charge on any atom is 0.274 e. The lowest BCUT2D eigenvalue weighted by Gasteiger charge is -2.58. The molecule has 1 unspecified atom stereocenters. The summed E-state index contributed by atoms with van der Waals surface area (Å²) in [6.45, 7) is 3.44. The summed E-state index contributed by atoms with van der Waals surface area (Å²) in [5, 5.41) is 0. The SMILES string of the molecule is COCC1CCN(C)C2(C1)CN(C(=O)c1cnccn1)C2. The lowest BCUT2D eigenvalue weighted by atomic mass is 9.75. The summed E-state index contributed by atoms with van der Waals surface area (Å²) in [5.41, 5.74) is 0.554. The smallest absolute Gasteiger partial charge is 0.274 e. The van der Waals surface area contributed by atoms with Crippen LogP contribution in [0.25, 0.3) is 0 Å². The second kappa shape index (κ2) is 5.69. The van der Waals surface area contributed by atoms with Crippen molar-refractivity contribution in [3.05, 3.63) is 24.3 Å². The fourth-order valence-electron chi connectivity index (χ4n) is 3.54. The van der Waals surface area contributed by atoms with E-state index in [1.807, 2.05) is 4.90 Å². The van der Waals surface area contributed by atoms with Gasteiger partial charge in [0.25, 0.3) is 5.91 Å². The van der Waals surface area contributed by atoms with Crippen LogP contribution in [0.2, 0.25) is 0 Å². The van der Waals surface area contributed by atoms with Gasteiger partial charge in [-0.25, -0.2) is 4.98 Å². The first-order chi connectivity index (χ1) is 10.1. The second-order valence-electron chi connectivity index (χ2n) is 6.21. The number of amides is 1. The Bertz CT molecular complexity index is 502. The molecule has 2 fully saturated rings. The van der Waals surface area contributed by atoms with Crippen LogP contribution in [0.1, 0.15) is 23.3 Å². The zero-order chi connectivity index (χ0) is 14.9. The number of ether oxygens (including phenoxy) is 1. The van der Waals surface area contributed by atoms with Crippen molar-refractivity contribution in [2.75, 3.05) is 40.4 Å². The van der Waals surface area contributed by atoms with E-state index >= 15 is 0 Å². The molecule has 21 heavy (non-hydrogen) atoms. The van der Waals surface area contributed by atoms with E-state index in [9.17, 15) is 4.79 Å². The monoisotopic (exact) mass is 290 g/mol. The quantitative estimate of drug-likeness (QED) is 0.818. The van der Waals surface area contributed by atoms with Gasteiger partial charge in [-0.1, -0.05) is 0 Å². The Balaban J connectivity index is 1.64. The molecule has 0 bridgehead atoms. The molecule has 1 atom stereocenters. The number of rotatable bonds is 3. The van der Waals surface area contributed by atoms with Crippen LogP contribution in [0.15, 0.2) is 18.6 Å². The number of likely N-dealkylation sites (N-methyl/N-ethyl adjacent to an activating group) is 1. The largest absolute Gasteiger partial charge is 0.384 e. The second-order valence-corrected chi connectivity index (χ2v) is 6.21. The number of carbonyl (C=O) groups excluding carboxylic acids is 1. The van der Waals surface area contributed by atoms with Crippen molar-refractivity contribution in [2.24, 2.45) is 5.92 Å². The predicted molar refractivity (Wildman–Crippen MR) is 77.9 cm³/mol. The topological polar surface area (TPSA) is 58.6 Å². The summed E-state index contributed by atoms with van der Waals surface area (Å²) in [6, 6.07) is 0. The first kappa shape index (κ1) is 14.4. The molecule has 1 spiro atoms. The van der Waals surface area contributed by atoms with Gasteiger partial charge in [-0.3, -0.25) is 14.7 Å². The van der Waals surface area contributed by atoms with E-state index in [4.69, 9.17) is 4.74 Å². The normalized spacial score (nSPS) is 24.9. The van der Waals surface area contributed by atoms with Crippen LogP contribution in [0.3, 0.4) is 0 Å². The molecule has 0 radical (unpaired) electrons. The molecule has 114 valence electrons. The molecule has 3 heterocycles. The van der Waals surface area contributed by atoms with E-state index in [0.717, 1.165) is 32.7 Å². The molecule has 2 aliphatic rings. The summed E-state index contributed by atoms with van der Waals surface area (Å²) < 4.78 is 5.30. The minimum Gasteiger partial charge on any atom is -0.384 e. The number of piperidine rings is 1. The highest BCUT2D eigenvalue weighted by molar-refractivity contribution is 5.92. The Hall–Kier alpha value is -1.53. The molecule has 1 amide bonds. The van der Waals surface area contributed by atoms with Crippen molar-refractivity contribution in [3.63, 3.8) is 0 Å². The summed E-state index contributed by atoms with van der Waals surface area (Å²) in [5.74, 6) is 0.580. The van der Waals surface area contributed by atoms with Gasteiger partial charge in [-0.15, -0.1) is 0 Å². The van der Waals surface area contributed by atoms with Crippen molar-refractivity contribution >= 4 is 5.91 Å². The zero-order valence-corrected chi connectivity index (χ0v) is 12.7. The maximum absolute atomic E-state index is 12.3. The van der Waals surface area contributed by atoms with Gasteiger partial charge in [0.2, 0.25) is 0 Å².